The van der Waals surface area contributed by atoms with Crippen molar-refractivity contribution >= 4 is 0 Å². The van der Waals surface area contributed by atoms with Crippen LogP contribution in [0.3, 0.4) is 0 Å². The molecule has 0 aliphatic heterocycles. The Bertz CT molecular complexity index is 395. The predicted molar refractivity (Wildman–Crippen MR) is 88.6 cm³/mol. The molecule has 0 saturated carbocycles. The highest BCUT2D eigenvalue weighted by Gasteiger charge is 2.33. The normalized spacial score (nSPS) is 15.1. The zero-order valence-electron chi connectivity index (χ0n) is 14.6. The van der Waals surface area contributed by atoms with Gasteiger partial charge >= 0.3 is 0 Å². The molecule has 4 heteroatoms. The number of hydrogen-bond acceptors (Lipinski definition) is 3. The van der Waals surface area contributed by atoms with Gasteiger partial charge in [-0.2, -0.15) is 0 Å². The Hall–Kier alpha value is -0.870. The lowest BCUT2D eigenvalue weighted by atomic mass is 9.83. The minimum absolute atomic E-state index is 0.102. The van der Waals surface area contributed by atoms with Crippen molar-refractivity contribution < 1.29 is 4.74 Å². The van der Waals surface area contributed by atoms with E-state index in [1.165, 1.54) is 0 Å². The van der Waals surface area contributed by atoms with Gasteiger partial charge in [0.15, 0.2) is 0 Å². The maximum Gasteiger partial charge on any atom is 0.110 e. The molecule has 0 aromatic carbocycles. The Kier molecular flexibility index (Phi) is 7.40. The van der Waals surface area contributed by atoms with Crippen LogP contribution in [0.4, 0.5) is 0 Å². The topological polar surface area (TPSA) is 39.1 Å². The fourth-order valence-electron chi connectivity index (χ4n) is 2.78. The second kappa shape index (κ2) is 8.54. The summed E-state index contributed by atoms with van der Waals surface area (Å²) in [5, 5.41) is 3.67. The monoisotopic (exact) mass is 295 g/mol. The molecular weight excluding hydrogens is 262 g/mol. The Morgan fingerprint density at radius 3 is 2.52 bits per heavy atom. The van der Waals surface area contributed by atoms with Crippen LogP contribution in [0.2, 0.25) is 0 Å². The van der Waals surface area contributed by atoms with Gasteiger partial charge in [-0.3, -0.25) is 0 Å². The number of hydrogen-bond donors (Lipinski definition) is 1. The second-order valence-electron chi connectivity index (χ2n) is 6.64. The zero-order chi connectivity index (χ0) is 15.9. The van der Waals surface area contributed by atoms with Gasteiger partial charge in [0.25, 0.3) is 0 Å². The van der Waals surface area contributed by atoms with Gasteiger partial charge in [-0.15, -0.1) is 0 Å². The SMILES string of the molecule is CCCNC(Cc1nccn1CC)C(OCC)C(C)(C)C. The highest BCUT2D eigenvalue weighted by Crippen LogP contribution is 2.26. The van der Waals surface area contributed by atoms with Gasteiger partial charge in [0.1, 0.15) is 5.82 Å². The van der Waals surface area contributed by atoms with E-state index < -0.39 is 0 Å². The lowest BCUT2D eigenvalue weighted by Gasteiger charge is -2.37. The molecule has 122 valence electrons. The van der Waals surface area contributed by atoms with Crippen LogP contribution in [0.1, 0.15) is 53.8 Å². The highest BCUT2D eigenvalue weighted by atomic mass is 16.5. The van der Waals surface area contributed by atoms with E-state index >= 15 is 0 Å². The smallest absolute Gasteiger partial charge is 0.110 e. The van der Waals surface area contributed by atoms with E-state index in [9.17, 15) is 0 Å². The molecule has 0 radical (unpaired) electrons. The molecule has 0 spiro atoms. The summed E-state index contributed by atoms with van der Waals surface area (Å²) in [5.41, 5.74) is 0.102. The van der Waals surface area contributed by atoms with Crippen molar-refractivity contribution in [2.75, 3.05) is 13.2 Å². The minimum Gasteiger partial charge on any atom is -0.376 e. The maximum absolute atomic E-state index is 6.09. The molecular formula is C17H33N3O. The third kappa shape index (κ3) is 5.44. The second-order valence-corrected chi connectivity index (χ2v) is 6.64. The quantitative estimate of drug-likeness (QED) is 0.760. The molecule has 0 saturated heterocycles. The summed E-state index contributed by atoms with van der Waals surface area (Å²) in [7, 11) is 0. The van der Waals surface area contributed by atoms with E-state index in [4.69, 9.17) is 4.74 Å². The standard InChI is InChI=1S/C17H33N3O/c1-7-10-18-14(16(21-9-3)17(4,5)6)13-15-19-11-12-20(15)8-2/h11-12,14,16,18H,7-10,13H2,1-6H3. The fraction of sp³-hybridized carbons (Fsp3) is 0.824. The first kappa shape index (κ1) is 18.2. The van der Waals surface area contributed by atoms with Gasteiger partial charge < -0.3 is 14.6 Å². The fourth-order valence-corrected chi connectivity index (χ4v) is 2.78. The molecule has 1 rings (SSSR count). The summed E-state index contributed by atoms with van der Waals surface area (Å²) in [6.45, 7) is 15.9. The molecule has 1 aromatic rings. The van der Waals surface area contributed by atoms with Gasteiger partial charge in [-0.05, 0) is 32.2 Å². The zero-order valence-corrected chi connectivity index (χ0v) is 14.6. The van der Waals surface area contributed by atoms with Crippen LogP contribution in [0, 0.1) is 5.41 Å². The molecule has 4 nitrogen and oxygen atoms in total. The summed E-state index contributed by atoms with van der Waals surface area (Å²) in [4.78, 5) is 4.53. The van der Waals surface area contributed by atoms with Crippen molar-refractivity contribution in [3.05, 3.63) is 18.2 Å². The third-order valence-electron chi connectivity index (χ3n) is 3.77. The Balaban J connectivity index is 2.91. The van der Waals surface area contributed by atoms with Crippen molar-refractivity contribution in [1.82, 2.24) is 14.9 Å². The number of nitrogens with one attached hydrogen (secondary N) is 1. The van der Waals surface area contributed by atoms with Gasteiger partial charge in [0.05, 0.1) is 6.10 Å². The van der Waals surface area contributed by atoms with E-state index in [0.717, 1.165) is 38.4 Å². The first-order valence-corrected chi connectivity index (χ1v) is 8.28. The van der Waals surface area contributed by atoms with Crippen LogP contribution >= 0.6 is 0 Å². The van der Waals surface area contributed by atoms with Crippen LogP contribution < -0.4 is 5.32 Å². The van der Waals surface area contributed by atoms with Gasteiger partial charge in [0, 0.05) is 38.0 Å². The van der Waals surface area contributed by atoms with Crippen LogP contribution in [-0.4, -0.2) is 34.8 Å². The largest absolute Gasteiger partial charge is 0.376 e. The molecule has 0 fully saturated rings. The molecule has 1 heterocycles. The van der Waals surface area contributed by atoms with Crippen LogP contribution in [0.25, 0.3) is 0 Å². The first-order valence-electron chi connectivity index (χ1n) is 8.28. The summed E-state index contributed by atoms with van der Waals surface area (Å²) >= 11 is 0. The van der Waals surface area contributed by atoms with Crippen LogP contribution in [0.5, 0.6) is 0 Å². The molecule has 1 aromatic heterocycles. The molecule has 1 N–H and O–H groups in total. The lowest BCUT2D eigenvalue weighted by Crippen LogP contribution is -2.50. The van der Waals surface area contributed by atoms with Gasteiger partial charge in [0.2, 0.25) is 0 Å². The number of rotatable bonds is 9. The van der Waals surface area contributed by atoms with Crippen molar-refractivity contribution in [2.24, 2.45) is 5.41 Å². The first-order chi connectivity index (χ1) is 9.93. The molecule has 0 amide bonds. The van der Waals surface area contributed by atoms with Gasteiger partial charge in [-0.25, -0.2) is 4.98 Å². The van der Waals surface area contributed by atoms with E-state index in [-0.39, 0.29) is 17.6 Å². The molecule has 0 aliphatic carbocycles. The van der Waals surface area contributed by atoms with Crippen molar-refractivity contribution in [2.45, 2.75) is 73.1 Å². The number of aromatic nitrogens is 2. The molecule has 0 aliphatic rings. The maximum atomic E-state index is 6.09. The summed E-state index contributed by atoms with van der Waals surface area (Å²) in [5.74, 6) is 1.14. The summed E-state index contributed by atoms with van der Waals surface area (Å²) < 4.78 is 8.30. The summed E-state index contributed by atoms with van der Waals surface area (Å²) in [6.07, 6.45) is 6.16. The number of ether oxygens (including phenoxy) is 1. The lowest BCUT2D eigenvalue weighted by molar-refractivity contribution is -0.0360. The molecule has 2 atom stereocenters. The van der Waals surface area contributed by atoms with Crippen molar-refractivity contribution in [3.63, 3.8) is 0 Å². The van der Waals surface area contributed by atoms with Crippen LogP contribution in [0.15, 0.2) is 12.4 Å². The van der Waals surface area contributed by atoms with Crippen molar-refractivity contribution in [3.8, 4) is 0 Å². The van der Waals surface area contributed by atoms with Gasteiger partial charge in [-0.1, -0.05) is 27.7 Å². The van der Waals surface area contributed by atoms with Crippen LogP contribution in [-0.2, 0) is 17.7 Å². The number of nitrogens with zero attached hydrogens (tertiary/aromatic N) is 2. The molecule has 21 heavy (non-hydrogen) atoms. The summed E-state index contributed by atoms with van der Waals surface area (Å²) in [6, 6.07) is 0.289. The Labute approximate surface area is 130 Å². The molecule has 0 bridgehead atoms. The highest BCUT2D eigenvalue weighted by molar-refractivity contribution is 4.99. The number of imidazole rings is 1. The van der Waals surface area contributed by atoms with E-state index in [1.807, 2.05) is 6.20 Å². The van der Waals surface area contributed by atoms with E-state index in [0.29, 0.717) is 0 Å². The Morgan fingerprint density at radius 1 is 1.29 bits per heavy atom. The average Bonchev–Trinajstić information content (AvgIpc) is 2.87. The van der Waals surface area contributed by atoms with E-state index in [2.05, 4.69) is 62.6 Å². The van der Waals surface area contributed by atoms with Crippen molar-refractivity contribution in [1.29, 1.82) is 0 Å². The Morgan fingerprint density at radius 2 is 2.00 bits per heavy atom. The van der Waals surface area contributed by atoms with E-state index in [1.54, 1.807) is 0 Å². The molecule has 2 unspecified atom stereocenters. The minimum atomic E-state index is 0.102. The number of aryl methyl sites for hydroxylation is 1. The third-order valence-corrected chi connectivity index (χ3v) is 3.77. The predicted octanol–water partition coefficient (Wildman–Crippen LogP) is 3.26. The average molecular weight is 295 g/mol.